The lowest BCUT2D eigenvalue weighted by molar-refractivity contribution is 0.171. The summed E-state index contributed by atoms with van der Waals surface area (Å²) in [5.41, 5.74) is 0.958. The van der Waals surface area contributed by atoms with Crippen molar-refractivity contribution < 1.29 is 4.43 Å². The average Bonchev–Trinajstić information content (AvgIpc) is 2.66. The van der Waals surface area contributed by atoms with Crippen LogP contribution in [0.2, 0.25) is 28.2 Å². The number of nitrogens with zero attached hydrogens (tertiary/aromatic N) is 1. The van der Waals surface area contributed by atoms with Gasteiger partial charge in [0.05, 0.1) is 16.1 Å². The first-order chi connectivity index (χ1) is 12.5. The van der Waals surface area contributed by atoms with Crippen LogP contribution in [-0.2, 0) is 4.43 Å². The van der Waals surface area contributed by atoms with E-state index in [1.54, 1.807) is 12.4 Å². The molecule has 2 rings (SSSR count). The van der Waals surface area contributed by atoms with E-state index in [4.69, 9.17) is 27.6 Å². The Kier molecular flexibility index (Phi) is 9.43. The molecule has 0 bridgehead atoms. The molecule has 0 aliphatic heterocycles. The summed E-state index contributed by atoms with van der Waals surface area (Å²) in [5, 5.41) is 1.29. The standard InChI is InChI=1S/C21H35Cl2NOSi/c1-4-26(5-2,6-3)25-20(21-18(22)15-24-16-19(21)23)14-10-13-17-11-8-7-9-12-17/h15-17,20H,4-14H2,1-3H3. The molecule has 1 fully saturated rings. The van der Waals surface area contributed by atoms with Crippen LogP contribution < -0.4 is 0 Å². The van der Waals surface area contributed by atoms with Crippen LogP contribution in [0.4, 0.5) is 0 Å². The smallest absolute Gasteiger partial charge is 0.192 e. The minimum Gasteiger partial charge on any atom is -0.410 e. The molecule has 2 nitrogen and oxygen atoms in total. The first-order valence-electron chi connectivity index (χ1n) is 10.5. The number of halogens is 2. The van der Waals surface area contributed by atoms with Crippen molar-refractivity contribution in [3.05, 3.63) is 28.0 Å². The van der Waals surface area contributed by atoms with Gasteiger partial charge in [0.25, 0.3) is 0 Å². The van der Waals surface area contributed by atoms with Crippen molar-refractivity contribution >= 4 is 31.5 Å². The molecule has 0 amide bonds. The molecule has 1 heterocycles. The fourth-order valence-corrected chi connectivity index (χ4v) is 7.81. The van der Waals surface area contributed by atoms with Gasteiger partial charge in [-0.3, -0.25) is 4.98 Å². The lowest BCUT2D eigenvalue weighted by Gasteiger charge is -2.34. The van der Waals surface area contributed by atoms with Crippen LogP contribution in [0.1, 0.15) is 83.8 Å². The highest BCUT2D eigenvalue weighted by Gasteiger charge is 2.34. The molecule has 1 aromatic heterocycles. The summed E-state index contributed by atoms with van der Waals surface area (Å²) in [5.74, 6) is 0.901. The Morgan fingerprint density at radius 1 is 1.04 bits per heavy atom. The molecule has 1 saturated carbocycles. The van der Waals surface area contributed by atoms with E-state index in [1.165, 1.54) is 44.9 Å². The van der Waals surface area contributed by atoms with Gasteiger partial charge in [-0.15, -0.1) is 0 Å². The predicted octanol–water partition coefficient (Wildman–Crippen LogP) is 8.20. The minimum atomic E-state index is -1.74. The fourth-order valence-electron chi connectivity index (χ4n) is 4.36. The summed E-state index contributed by atoms with van der Waals surface area (Å²) < 4.78 is 6.87. The van der Waals surface area contributed by atoms with Crippen LogP contribution in [0, 0.1) is 5.92 Å². The summed E-state index contributed by atoms with van der Waals surface area (Å²) in [7, 11) is -1.74. The van der Waals surface area contributed by atoms with Gasteiger partial charge in [-0.05, 0) is 30.5 Å². The Hall–Kier alpha value is -0.0931. The Labute approximate surface area is 171 Å². The van der Waals surface area contributed by atoms with Gasteiger partial charge < -0.3 is 4.43 Å². The highest BCUT2D eigenvalue weighted by molar-refractivity contribution is 6.73. The fraction of sp³-hybridized carbons (Fsp3) is 0.762. The van der Waals surface area contributed by atoms with Crippen LogP contribution in [0.15, 0.2) is 12.4 Å². The second-order valence-corrected chi connectivity index (χ2v) is 13.3. The van der Waals surface area contributed by atoms with Crippen molar-refractivity contribution in [2.45, 2.75) is 96.4 Å². The lowest BCUT2D eigenvalue weighted by Crippen LogP contribution is -2.37. The van der Waals surface area contributed by atoms with Gasteiger partial charge in [-0.1, -0.05) is 88.9 Å². The summed E-state index contributed by atoms with van der Waals surface area (Å²) in [6.07, 6.45) is 13.9. The number of aromatic nitrogens is 1. The first kappa shape index (κ1) is 22.2. The third kappa shape index (κ3) is 5.95. The number of rotatable bonds is 10. The Morgan fingerprint density at radius 3 is 2.15 bits per heavy atom. The van der Waals surface area contributed by atoms with Crippen molar-refractivity contribution in [2.75, 3.05) is 0 Å². The van der Waals surface area contributed by atoms with E-state index in [2.05, 4.69) is 25.8 Å². The maximum absolute atomic E-state index is 6.87. The van der Waals surface area contributed by atoms with Gasteiger partial charge in [0, 0.05) is 18.0 Å². The molecule has 26 heavy (non-hydrogen) atoms. The van der Waals surface area contributed by atoms with E-state index in [1.807, 2.05) is 0 Å². The molecular formula is C21H35Cl2NOSi. The molecule has 0 aromatic carbocycles. The van der Waals surface area contributed by atoms with Crippen molar-refractivity contribution in [2.24, 2.45) is 5.92 Å². The van der Waals surface area contributed by atoms with Crippen LogP contribution in [0.3, 0.4) is 0 Å². The van der Waals surface area contributed by atoms with Gasteiger partial charge in [-0.25, -0.2) is 0 Å². The van der Waals surface area contributed by atoms with Crippen LogP contribution >= 0.6 is 23.2 Å². The minimum absolute atomic E-state index is 0.00751. The Balaban J connectivity index is 2.12. The highest BCUT2D eigenvalue weighted by atomic mass is 35.5. The van der Waals surface area contributed by atoms with E-state index in [-0.39, 0.29) is 6.10 Å². The maximum atomic E-state index is 6.87. The van der Waals surface area contributed by atoms with Crippen LogP contribution in [0.5, 0.6) is 0 Å². The number of pyridine rings is 1. The average molecular weight is 417 g/mol. The Bertz CT molecular complexity index is 516. The van der Waals surface area contributed by atoms with E-state index < -0.39 is 8.32 Å². The SMILES string of the molecule is CC[Si](CC)(CC)OC(CCCC1CCCCC1)c1c(Cl)cncc1Cl. The van der Waals surface area contributed by atoms with E-state index in [0.717, 1.165) is 36.0 Å². The Morgan fingerprint density at radius 2 is 1.62 bits per heavy atom. The normalized spacial score (nSPS) is 17.4. The molecule has 0 radical (unpaired) electrons. The first-order valence-corrected chi connectivity index (χ1v) is 13.8. The molecular weight excluding hydrogens is 381 g/mol. The topological polar surface area (TPSA) is 22.1 Å². The summed E-state index contributed by atoms with van der Waals surface area (Å²) >= 11 is 13.0. The quantitative estimate of drug-likeness (QED) is 0.359. The van der Waals surface area contributed by atoms with Crippen molar-refractivity contribution in [3.63, 3.8) is 0 Å². The molecule has 0 saturated heterocycles. The molecule has 148 valence electrons. The predicted molar refractivity (Wildman–Crippen MR) is 116 cm³/mol. The van der Waals surface area contributed by atoms with Crippen molar-refractivity contribution in [1.82, 2.24) is 4.98 Å². The monoisotopic (exact) mass is 415 g/mol. The molecule has 1 aliphatic carbocycles. The molecule has 1 aliphatic rings. The van der Waals surface area contributed by atoms with Gasteiger partial charge >= 0.3 is 0 Å². The third-order valence-corrected chi connectivity index (χ3v) is 11.6. The zero-order valence-corrected chi connectivity index (χ0v) is 19.2. The number of hydrogen-bond donors (Lipinski definition) is 0. The van der Waals surface area contributed by atoms with E-state index >= 15 is 0 Å². The molecule has 1 atom stereocenters. The van der Waals surface area contributed by atoms with Crippen molar-refractivity contribution in [3.8, 4) is 0 Å². The van der Waals surface area contributed by atoms with Gasteiger partial charge in [0.15, 0.2) is 8.32 Å². The molecule has 0 spiro atoms. The summed E-state index contributed by atoms with van der Waals surface area (Å²) in [6.45, 7) is 6.82. The maximum Gasteiger partial charge on any atom is 0.192 e. The largest absolute Gasteiger partial charge is 0.410 e. The van der Waals surface area contributed by atoms with Gasteiger partial charge in [-0.2, -0.15) is 0 Å². The lowest BCUT2D eigenvalue weighted by atomic mass is 9.85. The molecule has 5 heteroatoms. The second-order valence-electron chi connectivity index (χ2n) is 7.80. The van der Waals surface area contributed by atoms with Crippen LogP contribution in [0.25, 0.3) is 0 Å². The zero-order valence-electron chi connectivity index (χ0n) is 16.7. The molecule has 0 N–H and O–H groups in total. The second kappa shape index (κ2) is 11.0. The molecule has 1 aromatic rings. The molecule has 1 unspecified atom stereocenters. The van der Waals surface area contributed by atoms with Crippen molar-refractivity contribution in [1.29, 1.82) is 0 Å². The zero-order chi connectivity index (χ0) is 19.0. The summed E-state index contributed by atoms with van der Waals surface area (Å²) in [6, 6.07) is 3.42. The highest BCUT2D eigenvalue weighted by Crippen LogP contribution is 2.39. The van der Waals surface area contributed by atoms with Gasteiger partial charge in [0.2, 0.25) is 0 Å². The number of hydrogen-bond acceptors (Lipinski definition) is 2. The third-order valence-electron chi connectivity index (χ3n) is 6.34. The van der Waals surface area contributed by atoms with E-state index in [0.29, 0.717) is 10.0 Å². The summed E-state index contributed by atoms with van der Waals surface area (Å²) in [4.78, 5) is 4.13. The van der Waals surface area contributed by atoms with Gasteiger partial charge in [0.1, 0.15) is 0 Å². The van der Waals surface area contributed by atoms with E-state index in [9.17, 15) is 0 Å². The van der Waals surface area contributed by atoms with Crippen LogP contribution in [-0.4, -0.2) is 13.3 Å².